The van der Waals surface area contributed by atoms with Crippen molar-refractivity contribution in [1.82, 2.24) is 10.6 Å². The summed E-state index contributed by atoms with van der Waals surface area (Å²) in [5, 5.41) is 7.22. The summed E-state index contributed by atoms with van der Waals surface area (Å²) in [4.78, 5) is 12.5. The van der Waals surface area contributed by atoms with Gasteiger partial charge in [0.1, 0.15) is 0 Å². The summed E-state index contributed by atoms with van der Waals surface area (Å²) in [7, 11) is 0. The van der Waals surface area contributed by atoms with Crippen molar-refractivity contribution in [3.05, 3.63) is 34.9 Å². The molecule has 1 saturated heterocycles. The number of halogens is 1. The fourth-order valence-corrected chi connectivity index (χ4v) is 3.05. The molecule has 2 aliphatic rings. The molecule has 0 spiro atoms. The first kappa shape index (κ1) is 12.9. The molecule has 1 aromatic carbocycles. The van der Waals surface area contributed by atoms with Gasteiger partial charge in [-0.2, -0.15) is 0 Å². The molecule has 1 amide bonds. The molecule has 2 fully saturated rings. The highest BCUT2D eigenvalue weighted by Crippen LogP contribution is 2.48. The minimum Gasteiger partial charge on any atom is -0.351 e. The maximum absolute atomic E-state index is 12.5. The third kappa shape index (κ3) is 2.63. The Balaban J connectivity index is 1.71. The molecular weight excluding hydrogens is 260 g/mol. The topological polar surface area (TPSA) is 41.1 Å². The standard InChI is InChI=1S/C15H19ClN2O/c16-12-4-1-3-11(9-12)15(6-7-15)14(19)18-13-5-2-8-17-10-13/h1,3-4,9,13,17H,2,5-8,10H2,(H,18,19). The predicted octanol–water partition coefficient (Wildman–Crippen LogP) is 2.24. The molecule has 2 N–H and O–H groups in total. The van der Waals surface area contributed by atoms with E-state index in [-0.39, 0.29) is 17.4 Å². The van der Waals surface area contributed by atoms with Crippen LogP contribution >= 0.6 is 11.6 Å². The zero-order valence-corrected chi connectivity index (χ0v) is 11.7. The van der Waals surface area contributed by atoms with Gasteiger partial charge in [0, 0.05) is 17.6 Å². The smallest absolute Gasteiger partial charge is 0.230 e. The van der Waals surface area contributed by atoms with Crippen LogP contribution in [0.5, 0.6) is 0 Å². The van der Waals surface area contributed by atoms with E-state index in [9.17, 15) is 4.79 Å². The lowest BCUT2D eigenvalue weighted by molar-refractivity contribution is -0.124. The van der Waals surface area contributed by atoms with Gasteiger partial charge in [0.15, 0.2) is 0 Å². The Labute approximate surface area is 118 Å². The molecule has 0 aromatic heterocycles. The van der Waals surface area contributed by atoms with Crippen LogP contribution in [0, 0.1) is 0 Å². The van der Waals surface area contributed by atoms with E-state index in [4.69, 9.17) is 11.6 Å². The first-order valence-corrected chi connectivity index (χ1v) is 7.36. The second-order valence-electron chi connectivity index (χ2n) is 5.61. The summed E-state index contributed by atoms with van der Waals surface area (Å²) in [5.74, 6) is 0.170. The molecule has 1 atom stereocenters. The number of hydrogen-bond donors (Lipinski definition) is 2. The number of benzene rings is 1. The summed E-state index contributed by atoms with van der Waals surface area (Å²) in [5.41, 5.74) is 0.740. The number of piperidine rings is 1. The number of carbonyl (C=O) groups is 1. The maximum atomic E-state index is 12.5. The molecule has 3 rings (SSSR count). The van der Waals surface area contributed by atoms with Crippen LogP contribution in [0.3, 0.4) is 0 Å². The van der Waals surface area contributed by atoms with Crippen LogP contribution in [0.4, 0.5) is 0 Å². The highest BCUT2D eigenvalue weighted by molar-refractivity contribution is 6.30. The van der Waals surface area contributed by atoms with Gasteiger partial charge in [-0.25, -0.2) is 0 Å². The van der Waals surface area contributed by atoms with Gasteiger partial charge < -0.3 is 10.6 Å². The van der Waals surface area contributed by atoms with Crippen LogP contribution < -0.4 is 10.6 Å². The normalized spacial score (nSPS) is 24.8. The molecule has 1 saturated carbocycles. The lowest BCUT2D eigenvalue weighted by atomic mass is 9.94. The Bertz CT molecular complexity index is 479. The van der Waals surface area contributed by atoms with Gasteiger partial charge in [-0.1, -0.05) is 23.7 Å². The third-order valence-corrected chi connectivity index (χ3v) is 4.43. The SMILES string of the molecule is O=C(NC1CCCNC1)C1(c2cccc(Cl)c2)CC1. The second-order valence-corrected chi connectivity index (χ2v) is 6.05. The molecule has 4 heteroatoms. The summed E-state index contributed by atoms with van der Waals surface area (Å²) < 4.78 is 0. The van der Waals surface area contributed by atoms with Gasteiger partial charge in [-0.15, -0.1) is 0 Å². The molecule has 1 aliphatic heterocycles. The molecule has 1 unspecified atom stereocenters. The van der Waals surface area contributed by atoms with Crippen LogP contribution in [0.15, 0.2) is 24.3 Å². The van der Waals surface area contributed by atoms with Gasteiger partial charge in [-0.3, -0.25) is 4.79 Å². The van der Waals surface area contributed by atoms with E-state index in [2.05, 4.69) is 10.6 Å². The second kappa shape index (κ2) is 5.14. The Morgan fingerprint density at radius 1 is 1.42 bits per heavy atom. The van der Waals surface area contributed by atoms with Crippen LogP contribution in [-0.4, -0.2) is 25.0 Å². The summed E-state index contributed by atoms with van der Waals surface area (Å²) in [6.45, 7) is 1.95. The molecule has 0 bridgehead atoms. The predicted molar refractivity (Wildman–Crippen MR) is 76.4 cm³/mol. The van der Waals surface area contributed by atoms with E-state index in [1.54, 1.807) is 0 Å². The van der Waals surface area contributed by atoms with Gasteiger partial charge in [0.05, 0.1) is 5.41 Å². The van der Waals surface area contributed by atoms with Crippen molar-refractivity contribution in [2.75, 3.05) is 13.1 Å². The first-order valence-electron chi connectivity index (χ1n) is 6.98. The Morgan fingerprint density at radius 3 is 2.89 bits per heavy atom. The van der Waals surface area contributed by atoms with Crippen LogP contribution in [0.25, 0.3) is 0 Å². The van der Waals surface area contributed by atoms with Crippen molar-refractivity contribution in [3.8, 4) is 0 Å². The average molecular weight is 279 g/mol. The van der Waals surface area contributed by atoms with Crippen molar-refractivity contribution in [2.45, 2.75) is 37.1 Å². The van der Waals surface area contributed by atoms with Gasteiger partial charge in [-0.05, 0) is 49.9 Å². The molecule has 3 nitrogen and oxygen atoms in total. The molecular formula is C15H19ClN2O. The van der Waals surface area contributed by atoms with Crippen LogP contribution in [0.2, 0.25) is 5.02 Å². The monoisotopic (exact) mass is 278 g/mol. The lowest BCUT2D eigenvalue weighted by Crippen LogP contribution is -2.48. The Kier molecular flexibility index (Phi) is 3.50. The number of carbonyl (C=O) groups excluding carboxylic acids is 1. The first-order chi connectivity index (χ1) is 9.21. The highest BCUT2D eigenvalue weighted by atomic mass is 35.5. The Hall–Kier alpha value is -1.06. The van der Waals surface area contributed by atoms with E-state index < -0.39 is 0 Å². The van der Waals surface area contributed by atoms with Crippen LogP contribution in [0.1, 0.15) is 31.2 Å². The van der Waals surface area contributed by atoms with E-state index in [1.807, 2.05) is 24.3 Å². The van der Waals surface area contributed by atoms with Gasteiger partial charge in [0.25, 0.3) is 0 Å². The molecule has 1 heterocycles. The summed E-state index contributed by atoms with van der Waals surface area (Å²) in [6.07, 6.45) is 4.07. The summed E-state index contributed by atoms with van der Waals surface area (Å²) >= 11 is 6.03. The molecule has 1 aromatic rings. The number of hydrogen-bond acceptors (Lipinski definition) is 2. The number of nitrogens with one attached hydrogen (secondary N) is 2. The van der Waals surface area contributed by atoms with Crippen LogP contribution in [-0.2, 0) is 10.2 Å². The largest absolute Gasteiger partial charge is 0.351 e. The van der Waals surface area contributed by atoms with Crippen molar-refractivity contribution in [2.24, 2.45) is 0 Å². The summed E-state index contributed by atoms with van der Waals surface area (Å²) in [6, 6.07) is 7.99. The van der Waals surface area contributed by atoms with E-state index >= 15 is 0 Å². The third-order valence-electron chi connectivity index (χ3n) is 4.19. The zero-order chi connectivity index (χ0) is 13.3. The fraction of sp³-hybridized carbons (Fsp3) is 0.533. The fourth-order valence-electron chi connectivity index (χ4n) is 2.86. The van der Waals surface area contributed by atoms with Gasteiger partial charge >= 0.3 is 0 Å². The average Bonchev–Trinajstić information content (AvgIpc) is 3.21. The Morgan fingerprint density at radius 2 is 2.26 bits per heavy atom. The van der Waals surface area contributed by atoms with E-state index in [0.717, 1.165) is 44.3 Å². The van der Waals surface area contributed by atoms with Crippen molar-refractivity contribution in [1.29, 1.82) is 0 Å². The number of rotatable bonds is 3. The molecule has 19 heavy (non-hydrogen) atoms. The quantitative estimate of drug-likeness (QED) is 0.890. The highest BCUT2D eigenvalue weighted by Gasteiger charge is 2.51. The minimum absolute atomic E-state index is 0.170. The number of amides is 1. The maximum Gasteiger partial charge on any atom is 0.230 e. The minimum atomic E-state index is -0.317. The van der Waals surface area contributed by atoms with Crippen molar-refractivity contribution >= 4 is 17.5 Å². The molecule has 1 aliphatic carbocycles. The zero-order valence-electron chi connectivity index (χ0n) is 10.9. The van der Waals surface area contributed by atoms with Crippen molar-refractivity contribution < 1.29 is 4.79 Å². The molecule has 102 valence electrons. The lowest BCUT2D eigenvalue weighted by Gasteiger charge is -2.26. The molecule has 0 radical (unpaired) electrons. The van der Waals surface area contributed by atoms with E-state index in [1.165, 1.54) is 0 Å². The van der Waals surface area contributed by atoms with Gasteiger partial charge in [0.2, 0.25) is 5.91 Å². The van der Waals surface area contributed by atoms with Crippen molar-refractivity contribution in [3.63, 3.8) is 0 Å². The van der Waals surface area contributed by atoms with E-state index in [0.29, 0.717) is 5.02 Å².